The van der Waals surface area contributed by atoms with Crippen LogP contribution in [0.25, 0.3) is 0 Å². The fourth-order valence-corrected chi connectivity index (χ4v) is 3.26. The molecule has 1 aliphatic rings. The normalized spacial score (nSPS) is 20.3. The lowest BCUT2D eigenvalue weighted by molar-refractivity contribution is -0.0565. The molecule has 1 heterocycles. The first-order valence-corrected chi connectivity index (χ1v) is 8.46. The van der Waals surface area contributed by atoms with Crippen molar-refractivity contribution in [2.24, 2.45) is 10.7 Å². The van der Waals surface area contributed by atoms with E-state index in [1.165, 1.54) is 29.2 Å². The number of rotatable bonds is 2. The van der Waals surface area contributed by atoms with E-state index < -0.39 is 23.6 Å². The highest BCUT2D eigenvalue weighted by Crippen LogP contribution is 2.44. The second-order valence-electron chi connectivity index (χ2n) is 6.88. The molecule has 0 spiro atoms. The number of ether oxygens (including phenoxy) is 1. The largest absolute Gasteiger partial charge is 0.485 e. The summed E-state index contributed by atoms with van der Waals surface area (Å²) < 4.78 is 19.4. The molecule has 3 N–H and O–H groups in total. The molecule has 7 nitrogen and oxygen atoms in total. The third kappa shape index (κ3) is 3.34. The number of hydrogen-bond donors (Lipinski definition) is 2. The fourth-order valence-electron chi connectivity index (χ4n) is 3.26. The van der Waals surface area contributed by atoms with Gasteiger partial charge in [0.15, 0.2) is 0 Å². The predicted octanol–water partition coefficient (Wildman–Crippen LogP) is 2.57. The molecule has 8 heteroatoms. The van der Waals surface area contributed by atoms with Crippen LogP contribution in [0.15, 0.2) is 47.5 Å². The Hall–Kier alpha value is -3.62. The molecule has 0 fully saturated rings. The molecule has 0 bridgehead atoms. The zero-order chi connectivity index (χ0) is 20.5. The number of hydrogen-bond acceptors (Lipinski definition) is 5. The summed E-state index contributed by atoms with van der Waals surface area (Å²) in [6, 6.07) is 11.5. The molecular weight excluding hydrogens is 361 g/mol. The predicted molar refractivity (Wildman–Crippen MR) is 101 cm³/mol. The van der Waals surface area contributed by atoms with Crippen LogP contribution < -0.4 is 15.4 Å². The van der Waals surface area contributed by atoms with Gasteiger partial charge in [0.2, 0.25) is 12.2 Å². The van der Waals surface area contributed by atoms with Gasteiger partial charge < -0.3 is 20.5 Å². The van der Waals surface area contributed by atoms with Gasteiger partial charge in [0.25, 0.3) is 0 Å². The zero-order valence-electron chi connectivity index (χ0n) is 15.3. The van der Waals surface area contributed by atoms with Gasteiger partial charge in [-0.25, -0.2) is 4.39 Å². The Bertz CT molecular complexity index is 1000. The van der Waals surface area contributed by atoms with Gasteiger partial charge in [-0.2, -0.15) is 10.5 Å². The highest BCUT2D eigenvalue weighted by atomic mass is 19.1. The number of benzene rings is 2. The zero-order valence-corrected chi connectivity index (χ0v) is 15.3. The van der Waals surface area contributed by atoms with E-state index in [0.717, 1.165) is 0 Å². The van der Waals surface area contributed by atoms with Crippen molar-refractivity contribution in [2.45, 2.75) is 31.6 Å². The lowest BCUT2D eigenvalue weighted by Gasteiger charge is -2.46. The van der Waals surface area contributed by atoms with Crippen molar-refractivity contribution in [3.05, 3.63) is 59.4 Å². The maximum absolute atomic E-state index is 13.4. The average Bonchev–Trinajstić information content (AvgIpc) is 2.66. The molecule has 3 rings (SSSR count). The van der Waals surface area contributed by atoms with E-state index in [9.17, 15) is 14.8 Å². The molecule has 0 saturated heterocycles. The van der Waals surface area contributed by atoms with Gasteiger partial charge in [-0.1, -0.05) is 0 Å². The second kappa shape index (κ2) is 7.18. The molecule has 0 radical (unpaired) electrons. The minimum Gasteiger partial charge on any atom is -0.485 e. The number of aliphatic hydroxyl groups excluding tert-OH is 1. The van der Waals surface area contributed by atoms with Crippen LogP contribution in [0, 0.1) is 28.6 Å². The first-order chi connectivity index (χ1) is 13.3. The van der Waals surface area contributed by atoms with Crippen LogP contribution in [-0.2, 0) is 0 Å². The van der Waals surface area contributed by atoms with Crippen LogP contribution in [0.1, 0.15) is 31.0 Å². The molecule has 142 valence electrons. The molecule has 0 aliphatic carbocycles. The lowest BCUT2D eigenvalue weighted by atomic mass is 9.84. The van der Waals surface area contributed by atoms with E-state index >= 15 is 0 Å². The number of halogens is 1. The van der Waals surface area contributed by atoms with Gasteiger partial charge in [-0.3, -0.25) is 0 Å². The summed E-state index contributed by atoms with van der Waals surface area (Å²) in [5.41, 5.74) is 6.35. The van der Waals surface area contributed by atoms with Gasteiger partial charge in [0, 0.05) is 11.3 Å². The van der Waals surface area contributed by atoms with E-state index in [2.05, 4.69) is 11.1 Å². The molecule has 2 aromatic rings. The summed E-state index contributed by atoms with van der Waals surface area (Å²) in [7, 11) is 0. The Morgan fingerprint density at radius 3 is 2.54 bits per heavy atom. The number of anilines is 1. The molecule has 1 aliphatic heterocycles. The molecule has 2 atom stereocenters. The van der Waals surface area contributed by atoms with Gasteiger partial charge in [-0.05, 0) is 56.3 Å². The van der Waals surface area contributed by atoms with Crippen LogP contribution in [-0.4, -0.2) is 22.8 Å². The standard InChI is InChI=1S/C20H18FN5O2/c1-20(2)18(27)17(15-9-12(10-22)3-8-16(15)28-20)26(19(24)25-11-23)14-6-4-13(21)5-7-14/h3-9,17-18,27H,1-2H3,(H2,24,25)/t17-,18+/m1/s1. The van der Waals surface area contributed by atoms with Crippen LogP contribution in [0.2, 0.25) is 0 Å². The number of nitrogens with zero attached hydrogens (tertiary/aromatic N) is 4. The molecule has 2 aromatic carbocycles. The van der Waals surface area contributed by atoms with Gasteiger partial charge >= 0.3 is 0 Å². The Morgan fingerprint density at radius 1 is 1.25 bits per heavy atom. The molecule has 0 amide bonds. The van der Waals surface area contributed by atoms with Crippen LogP contribution >= 0.6 is 0 Å². The van der Waals surface area contributed by atoms with E-state index in [1.807, 2.05) is 0 Å². The third-order valence-electron chi connectivity index (χ3n) is 4.64. The summed E-state index contributed by atoms with van der Waals surface area (Å²) in [5, 5.41) is 29.4. The molecule has 28 heavy (non-hydrogen) atoms. The third-order valence-corrected chi connectivity index (χ3v) is 4.64. The number of nitrogens with two attached hydrogens (primary N) is 1. The van der Waals surface area contributed by atoms with Crippen molar-refractivity contribution in [1.82, 2.24) is 0 Å². The minimum absolute atomic E-state index is 0.177. The van der Waals surface area contributed by atoms with E-state index in [-0.39, 0.29) is 5.96 Å². The highest BCUT2D eigenvalue weighted by Gasteiger charge is 2.46. The van der Waals surface area contributed by atoms with Gasteiger partial charge in [0.1, 0.15) is 23.3 Å². The number of fused-ring (bicyclic) bond motifs is 1. The summed E-state index contributed by atoms with van der Waals surface area (Å²) in [5.74, 6) is -0.153. The van der Waals surface area contributed by atoms with Crippen molar-refractivity contribution < 1.29 is 14.2 Å². The first kappa shape index (κ1) is 19.2. The highest BCUT2D eigenvalue weighted by molar-refractivity contribution is 5.96. The maximum Gasteiger partial charge on any atom is 0.212 e. The van der Waals surface area contributed by atoms with E-state index in [4.69, 9.17) is 15.7 Å². The maximum atomic E-state index is 13.4. The Morgan fingerprint density at radius 2 is 1.93 bits per heavy atom. The van der Waals surface area contributed by atoms with Crippen molar-refractivity contribution >= 4 is 11.6 Å². The number of guanidine groups is 1. The second-order valence-corrected chi connectivity index (χ2v) is 6.88. The lowest BCUT2D eigenvalue weighted by Crippen LogP contribution is -2.56. The fraction of sp³-hybridized carbons (Fsp3) is 0.250. The quantitative estimate of drug-likeness (QED) is 0.470. The first-order valence-electron chi connectivity index (χ1n) is 8.46. The van der Waals surface area contributed by atoms with Crippen molar-refractivity contribution in [2.75, 3.05) is 4.90 Å². The Balaban J connectivity index is 2.26. The van der Waals surface area contributed by atoms with E-state index in [0.29, 0.717) is 22.6 Å². The smallest absolute Gasteiger partial charge is 0.212 e. The number of nitriles is 2. The van der Waals surface area contributed by atoms with Crippen LogP contribution in [0.3, 0.4) is 0 Å². The minimum atomic E-state index is -1.11. The topological polar surface area (TPSA) is 119 Å². The molecule has 0 saturated carbocycles. The number of aliphatic imine (C=N–C) groups is 1. The summed E-state index contributed by atoms with van der Waals surface area (Å²) >= 11 is 0. The molecule has 0 unspecified atom stereocenters. The van der Waals surface area contributed by atoms with Crippen molar-refractivity contribution in [1.29, 1.82) is 10.5 Å². The van der Waals surface area contributed by atoms with Crippen molar-refractivity contribution in [3.63, 3.8) is 0 Å². The average molecular weight is 379 g/mol. The monoisotopic (exact) mass is 379 g/mol. The van der Waals surface area contributed by atoms with Gasteiger partial charge in [-0.15, -0.1) is 4.99 Å². The summed E-state index contributed by atoms with van der Waals surface area (Å²) in [6.45, 7) is 3.43. The summed E-state index contributed by atoms with van der Waals surface area (Å²) in [4.78, 5) is 5.05. The van der Waals surface area contributed by atoms with Crippen LogP contribution in [0.4, 0.5) is 10.1 Å². The molecular formula is C20H18FN5O2. The van der Waals surface area contributed by atoms with E-state index in [1.54, 1.807) is 38.2 Å². The Kier molecular flexibility index (Phi) is 4.91. The Labute approximate surface area is 161 Å². The SMILES string of the molecule is CC1(C)Oc2ccc(C#N)cc2[C@@H](N(C(N)=NC#N)c2ccc(F)cc2)[C@@H]1O. The number of aliphatic hydroxyl groups is 1. The molecule has 0 aromatic heterocycles. The van der Waals surface area contributed by atoms with Crippen molar-refractivity contribution in [3.8, 4) is 18.0 Å². The van der Waals surface area contributed by atoms with Crippen LogP contribution in [0.5, 0.6) is 5.75 Å². The van der Waals surface area contributed by atoms with Gasteiger partial charge in [0.05, 0.1) is 17.7 Å². The summed E-state index contributed by atoms with van der Waals surface area (Å²) in [6.07, 6.45) is 0.527.